The maximum atomic E-state index is 15.7. The maximum absolute atomic E-state index is 15.7. The number of carbonyl (C=O) groups is 3. The standard InChI is InChI=1S/C57H100N2O6/c1-11-13-15-17-19-21-23-25-27-29-39-58-50(65-64-10)41-48-52(57(8,9)47-37-35-46(36-38-47)56(5,6)7)54(61)49(51(53(48)60)44(4)45-33-31-43(3)32-34-45)42-59(55(62)63)40-30-28-26-24-22-20-18-16-14-12-2/h43-47H,11-42H2,1-10H3,(H,62,63). The molecule has 8 nitrogen and oxygen atoms in total. The SMILES string of the molecule is CCCCCCCCCCCCN=C(CC1=C(C(C)(C)C2CCC(C(C)(C)C)CC2)C(=O)C(CN(CCCCCCCCCCCC)C(=O)O)=C(C(C)C2CCC(C)CC2)C1=O)OOC. The summed E-state index contributed by atoms with van der Waals surface area (Å²) in [5.74, 6) is 1.57. The lowest BCUT2D eigenvalue weighted by Gasteiger charge is -2.45. The lowest BCUT2D eigenvalue weighted by atomic mass is 9.58. The van der Waals surface area contributed by atoms with Gasteiger partial charge in [-0.25, -0.2) is 4.79 Å². The van der Waals surface area contributed by atoms with E-state index in [1.54, 1.807) is 0 Å². The number of aliphatic imine (C=N–C) groups is 1. The van der Waals surface area contributed by atoms with Crippen LogP contribution in [0.3, 0.4) is 0 Å². The van der Waals surface area contributed by atoms with Crippen LogP contribution in [0.5, 0.6) is 0 Å². The van der Waals surface area contributed by atoms with Crippen molar-refractivity contribution >= 4 is 23.6 Å². The van der Waals surface area contributed by atoms with E-state index >= 15 is 9.59 Å². The first-order chi connectivity index (χ1) is 31.1. The van der Waals surface area contributed by atoms with Crippen molar-refractivity contribution in [2.75, 3.05) is 26.7 Å². The molecule has 0 radical (unpaired) electrons. The molecule has 1 atom stereocenters. The quantitative estimate of drug-likeness (QED) is 0.0185. The highest BCUT2D eigenvalue weighted by Crippen LogP contribution is 2.52. The van der Waals surface area contributed by atoms with Crippen molar-refractivity contribution in [3.05, 3.63) is 22.3 Å². The van der Waals surface area contributed by atoms with Crippen molar-refractivity contribution in [1.82, 2.24) is 4.90 Å². The molecule has 3 rings (SSSR count). The Labute approximate surface area is 399 Å². The largest absolute Gasteiger partial charge is 0.465 e. The molecule has 0 aliphatic heterocycles. The summed E-state index contributed by atoms with van der Waals surface area (Å²) in [6.45, 7) is 21.1. The molecule has 1 unspecified atom stereocenters. The van der Waals surface area contributed by atoms with Gasteiger partial charge in [0.15, 0.2) is 11.6 Å². The first-order valence-electron chi connectivity index (χ1n) is 27.4. The van der Waals surface area contributed by atoms with Gasteiger partial charge in [0.25, 0.3) is 0 Å². The van der Waals surface area contributed by atoms with Crippen molar-refractivity contribution in [2.45, 2.75) is 249 Å². The Bertz CT molecular complexity index is 1500. The molecular weight excluding hydrogens is 809 g/mol. The van der Waals surface area contributed by atoms with Crippen LogP contribution in [-0.2, 0) is 19.4 Å². The second-order valence-electron chi connectivity index (χ2n) is 22.6. The molecule has 0 aromatic heterocycles. The van der Waals surface area contributed by atoms with Crippen molar-refractivity contribution in [2.24, 2.45) is 45.4 Å². The minimum absolute atomic E-state index is 0.0575. The summed E-state index contributed by atoms with van der Waals surface area (Å²) < 4.78 is 0. The maximum Gasteiger partial charge on any atom is 0.407 e. The van der Waals surface area contributed by atoms with Gasteiger partial charge in [-0.2, -0.15) is 4.89 Å². The van der Waals surface area contributed by atoms with Crippen molar-refractivity contribution in [3.63, 3.8) is 0 Å². The Hall–Kier alpha value is -2.48. The molecule has 1 amide bonds. The topological polar surface area (TPSA) is 106 Å². The first kappa shape index (κ1) is 56.8. The fourth-order valence-electron chi connectivity index (χ4n) is 11.6. The number of nitrogens with zero attached hydrogens (tertiary/aromatic N) is 2. The number of allylic oxidation sites excluding steroid dienone is 2. The average Bonchev–Trinajstić information content (AvgIpc) is 3.27. The summed E-state index contributed by atoms with van der Waals surface area (Å²) in [4.78, 5) is 61.9. The van der Waals surface area contributed by atoms with Gasteiger partial charge in [-0.05, 0) is 91.8 Å². The van der Waals surface area contributed by atoms with Crippen LogP contribution in [0.15, 0.2) is 27.3 Å². The summed E-state index contributed by atoms with van der Waals surface area (Å²) in [5, 5.41) is 10.7. The number of rotatable bonds is 31. The van der Waals surface area contributed by atoms with Crippen LogP contribution < -0.4 is 0 Å². The molecule has 2 fully saturated rings. The summed E-state index contributed by atoms with van der Waals surface area (Å²) in [6, 6.07) is 0. The molecule has 0 spiro atoms. The van der Waals surface area contributed by atoms with Gasteiger partial charge in [-0.3, -0.25) is 14.6 Å². The van der Waals surface area contributed by atoms with Crippen LogP contribution in [0.2, 0.25) is 0 Å². The second kappa shape index (κ2) is 30.1. The highest BCUT2D eigenvalue weighted by molar-refractivity contribution is 6.27. The molecule has 3 aliphatic carbocycles. The molecule has 65 heavy (non-hydrogen) atoms. The predicted molar refractivity (Wildman–Crippen MR) is 271 cm³/mol. The highest BCUT2D eigenvalue weighted by atomic mass is 17.2. The molecule has 0 saturated heterocycles. The zero-order valence-corrected chi connectivity index (χ0v) is 43.9. The number of hydrogen-bond acceptors (Lipinski definition) is 6. The molecule has 0 aromatic rings. The molecular formula is C57H100N2O6. The van der Waals surface area contributed by atoms with Crippen molar-refractivity contribution in [1.29, 1.82) is 0 Å². The number of hydrogen-bond donors (Lipinski definition) is 1. The third kappa shape index (κ3) is 18.9. The summed E-state index contributed by atoms with van der Waals surface area (Å²) >= 11 is 0. The lowest BCUT2D eigenvalue weighted by molar-refractivity contribution is -0.196. The molecule has 0 heterocycles. The Balaban J connectivity index is 1.98. The van der Waals surface area contributed by atoms with E-state index in [1.807, 2.05) is 0 Å². The second-order valence-corrected chi connectivity index (χ2v) is 22.6. The van der Waals surface area contributed by atoms with E-state index in [2.05, 4.69) is 62.3 Å². The third-order valence-electron chi connectivity index (χ3n) is 16.2. The number of carboxylic acid groups (broad SMARTS) is 1. The summed E-state index contributed by atoms with van der Waals surface area (Å²) in [5.41, 5.74) is 1.52. The van der Waals surface area contributed by atoms with Gasteiger partial charge in [-0.1, -0.05) is 191 Å². The molecule has 1 N–H and O–H groups in total. The van der Waals surface area contributed by atoms with E-state index in [4.69, 9.17) is 14.8 Å². The van der Waals surface area contributed by atoms with E-state index in [0.717, 1.165) is 83.5 Å². The number of Topliss-reactive ketones (excluding diaryl/α,β-unsaturated/α-hetero) is 2. The monoisotopic (exact) mass is 909 g/mol. The Morgan fingerprint density at radius 2 is 1.15 bits per heavy atom. The van der Waals surface area contributed by atoms with Gasteiger partial charge in [-0.15, -0.1) is 0 Å². The van der Waals surface area contributed by atoms with Gasteiger partial charge in [0.1, 0.15) is 0 Å². The third-order valence-corrected chi connectivity index (χ3v) is 16.2. The van der Waals surface area contributed by atoms with E-state index in [1.165, 1.54) is 108 Å². The van der Waals surface area contributed by atoms with Gasteiger partial charge >= 0.3 is 6.09 Å². The molecule has 2 saturated carbocycles. The molecule has 8 heteroatoms. The van der Waals surface area contributed by atoms with Gasteiger partial charge in [0, 0.05) is 35.4 Å². The minimum Gasteiger partial charge on any atom is -0.465 e. The van der Waals surface area contributed by atoms with Crippen molar-refractivity contribution < 1.29 is 29.3 Å². The van der Waals surface area contributed by atoms with Gasteiger partial charge in [0.2, 0.25) is 5.90 Å². The van der Waals surface area contributed by atoms with Crippen LogP contribution in [0.1, 0.15) is 249 Å². The molecule has 3 aliphatic rings. The fourth-order valence-corrected chi connectivity index (χ4v) is 11.6. The van der Waals surface area contributed by atoms with Crippen LogP contribution >= 0.6 is 0 Å². The Morgan fingerprint density at radius 1 is 0.677 bits per heavy atom. The smallest absolute Gasteiger partial charge is 0.407 e. The molecule has 0 bridgehead atoms. The zero-order chi connectivity index (χ0) is 47.8. The first-order valence-corrected chi connectivity index (χ1v) is 27.4. The minimum atomic E-state index is -1.03. The Kier molecular flexibility index (Phi) is 26.3. The molecule has 0 aromatic carbocycles. The van der Waals surface area contributed by atoms with E-state index < -0.39 is 11.5 Å². The van der Waals surface area contributed by atoms with Crippen LogP contribution in [0.25, 0.3) is 0 Å². The zero-order valence-electron chi connectivity index (χ0n) is 43.9. The normalized spacial score (nSPS) is 21.9. The Morgan fingerprint density at radius 3 is 1.63 bits per heavy atom. The number of ketones is 2. The summed E-state index contributed by atoms with van der Waals surface area (Å²) in [6.07, 6.45) is 31.2. The predicted octanol–water partition coefficient (Wildman–Crippen LogP) is 16.3. The summed E-state index contributed by atoms with van der Waals surface area (Å²) in [7, 11) is 1.47. The number of carbonyl (C=O) groups excluding carboxylic acids is 2. The average molecular weight is 909 g/mol. The van der Waals surface area contributed by atoms with E-state index in [9.17, 15) is 9.90 Å². The van der Waals surface area contributed by atoms with Crippen LogP contribution in [-0.4, -0.2) is 60.3 Å². The van der Waals surface area contributed by atoms with Crippen molar-refractivity contribution in [3.8, 4) is 0 Å². The van der Waals surface area contributed by atoms with E-state index in [-0.39, 0.29) is 47.7 Å². The van der Waals surface area contributed by atoms with Gasteiger partial charge in [0.05, 0.1) is 20.1 Å². The highest BCUT2D eigenvalue weighted by Gasteiger charge is 2.48. The number of amides is 1. The lowest BCUT2D eigenvalue weighted by Crippen LogP contribution is -2.43. The molecule has 374 valence electrons. The fraction of sp³-hybridized carbons (Fsp3) is 0.860. The number of unbranched alkanes of at least 4 members (excludes halogenated alkanes) is 18. The van der Waals surface area contributed by atoms with E-state index in [0.29, 0.717) is 53.1 Å². The van der Waals surface area contributed by atoms with Crippen LogP contribution in [0, 0.1) is 40.4 Å². The van der Waals surface area contributed by atoms with Crippen LogP contribution in [0.4, 0.5) is 4.79 Å². The van der Waals surface area contributed by atoms with Gasteiger partial charge < -0.3 is 14.9 Å².